The molecule has 0 aliphatic carbocycles. The highest BCUT2D eigenvalue weighted by Crippen LogP contribution is 2.30. The Hall–Kier alpha value is -1.85. The number of hydrogen-bond acceptors (Lipinski definition) is 5. The van der Waals surface area contributed by atoms with E-state index in [1.54, 1.807) is 18.4 Å². The van der Waals surface area contributed by atoms with E-state index in [0.717, 1.165) is 29.0 Å². The lowest BCUT2D eigenvalue weighted by molar-refractivity contribution is 0.400. The van der Waals surface area contributed by atoms with Gasteiger partial charge < -0.3 is 14.5 Å². The molecule has 0 amide bonds. The summed E-state index contributed by atoms with van der Waals surface area (Å²) in [6.07, 6.45) is 1.88. The molecule has 0 aliphatic heterocycles. The fourth-order valence-electron chi connectivity index (χ4n) is 2.11. The molecule has 3 aromatic rings. The first-order chi connectivity index (χ1) is 9.78. The largest absolute Gasteiger partial charge is 0.493 e. The van der Waals surface area contributed by atoms with E-state index in [4.69, 9.17) is 9.15 Å². The Morgan fingerprint density at radius 1 is 1.45 bits per heavy atom. The summed E-state index contributed by atoms with van der Waals surface area (Å²) in [6, 6.07) is 8.10. The van der Waals surface area contributed by atoms with Crippen molar-refractivity contribution >= 4 is 22.3 Å². The zero-order valence-electron chi connectivity index (χ0n) is 11.4. The molecule has 4 nitrogen and oxygen atoms in total. The number of nitrogens with one attached hydrogen (secondary N) is 1. The van der Waals surface area contributed by atoms with Gasteiger partial charge in [0.1, 0.15) is 5.76 Å². The Morgan fingerprint density at radius 3 is 3.10 bits per heavy atom. The second-order valence-electron chi connectivity index (χ2n) is 4.60. The lowest BCUT2D eigenvalue weighted by atomic mass is 10.2. The van der Waals surface area contributed by atoms with Gasteiger partial charge in [-0.3, -0.25) is 4.98 Å². The van der Waals surface area contributed by atoms with Gasteiger partial charge in [0.05, 0.1) is 18.7 Å². The van der Waals surface area contributed by atoms with Crippen molar-refractivity contribution in [1.82, 2.24) is 10.3 Å². The zero-order valence-corrected chi connectivity index (χ0v) is 12.2. The minimum Gasteiger partial charge on any atom is -0.493 e. The molecular formula is C15H16N2O2S. The van der Waals surface area contributed by atoms with Crippen molar-refractivity contribution in [2.45, 2.75) is 19.5 Å². The molecule has 1 atom stereocenters. The second kappa shape index (κ2) is 5.64. The van der Waals surface area contributed by atoms with Gasteiger partial charge in [0.25, 0.3) is 0 Å². The lowest BCUT2D eigenvalue weighted by Gasteiger charge is -2.09. The van der Waals surface area contributed by atoms with E-state index in [1.807, 2.05) is 29.9 Å². The maximum atomic E-state index is 5.92. The van der Waals surface area contributed by atoms with Crippen LogP contribution >= 0.6 is 11.3 Å². The molecule has 0 saturated carbocycles. The van der Waals surface area contributed by atoms with Crippen LogP contribution in [0, 0.1) is 0 Å². The number of ether oxygens (including phenoxy) is 1. The van der Waals surface area contributed by atoms with Crippen LogP contribution in [0.2, 0.25) is 0 Å². The van der Waals surface area contributed by atoms with Crippen molar-refractivity contribution in [3.63, 3.8) is 0 Å². The molecule has 0 aliphatic rings. The first-order valence-electron chi connectivity index (χ1n) is 6.45. The van der Waals surface area contributed by atoms with Gasteiger partial charge in [0, 0.05) is 23.0 Å². The summed E-state index contributed by atoms with van der Waals surface area (Å²) in [5.41, 5.74) is 2.64. The number of nitrogens with zero attached hydrogens (tertiary/aromatic N) is 1. The monoisotopic (exact) mass is 288 g/mol. The van der Waals surface area contributed by atoms with Gasteiger partial charge in [-0.25, -0.2) is 0 Å². The van der Waals surface area contributed by atoms with Gasteiger partial charge in [0.15, 0.2) is 11.3 Å². The molecule has 0 fully saturated rings. The molecule has 1 aromatic carbocycles. The molecule has 3 rings (SSSR count). The summed E-state index contributed by atoms with van der Waals surface area (Å²) in [5.74, 6) is 1.68. The highest BCUT2D eigenvalue weighted by Gasteiger charge is 2.13. The quantitative estimate of drug-likeness (QED) is 0.776. The van der Waals surface area contributed by atoms with Crippen LogP contribution in [0.3, 0.4) is 0 Å². The van der Waals surface area contributed by atoms with E-state index in [2.05, 4.69) is 23.3 Å². The van der Waals surface area contributed by atoms with Crippen molar-refractivity contribution in [2.24, 2.45) is 0 Å². The SMILES string of the molecule is COc1cccc2cc(C(C)NCc3cncs3)oc12. The number of thiazole rings is 1. The molecular weight excluding hydrogens is 272 g/mol. The lowest BCUT2D eigenvalue weighted by Crippen LogP contribution is -2.16. The van der Waals surface area contributed by atoms with Gasteiger partial charge >= 0.3 is 0 Å². The Labute approximate surface area is 121 Å². The van der Waals surface area contributed by atoms with Crippen molar-refractivity contribution in [1.29, 1.82) is 0 Å². The van der Waals surface area contributed by atoms with Crippen LogP contribution in [-0.4, -0.2) is 12.1 Å². The number of aromatic nitrogens is 1. The summed E-state index contributed by atoms with van der Waals surface area (Å²) in [6.45, 7) is 2.88. The predicted molar refractivity (Wildman–Crippen MR) is 80.1 cm³/mol. The number of methoxy groups -OCH3 is 1. The maximum Gasteiger partial charge on any atom is 0.176 e. The second-order valence-corrected chi connectivity index (χ2v) is 5.57. The van der Waals surface area contributed by atoms with Crippen LogP contribution in [0.15, 0.2) is 40.4 Å². The molecule has 20 heavy (non-hydrogen) atoms. The molecule has 0 radical (unpaired) electrons. The molecule has 5 heteroatoms. The fraction of sp³-hybridized carbons (Fsp3) is 0.267. The molecule has 2 heterocycles. The highest BCUT2D eigenvalue weighted by atomic mass is 32.1. The smallest absolute Gasteiger partial charge is 0.176 e. The highest BCUT2D eigenvalue weighted by molar-refractivity contribution is 7.09. The van der Waals surface area contributed by atoms with E-state index >= 15 is 0 Å². The summed E-state index contributed by atoms with van der Waals surface area (Å²) in [4.78, 5) is 5.28. The van der Waals surface area contributed by atoms with Gasteiger partial charge in [0.2, 0.25) is 0 Å². The van der Waals surface area contributed by atoms with E-state index < -0.39 is 0 Å². The van der Waals surface area contributed by atoms with Crippen LogP contribution in [0.1, 0.15) is 23.6 Å². The Bertz CT molecular complexity index is 691. The fourth-order valence-corrected chi connectivity index (χ4v) is 2.66. The van der Waals surface area contributed by atoms with E-state index in [-0.39, 0.29) is 6.04 Å². The molecule has 104 valence electrons. The minimum atomic E-state index is 0.134. The first-order valence-corrected chi connectivity index (χ1v) is 7.33. The molecule has 2 aromatic heterocycles. The van der Waals surface area contributed by atoms with Crippen LogP contribution in [0.5, 0.6) is 5.75 Å². The van der Waals surface area contributed by atoms with Crippen LogP contribution in [-0.2, 0) is 6.54 Å². The molecule has 1 unspecified atom stereocenters. The molecule has 0 bridgehead atoms. The van der Waals surface area contributed by atoms with E-state index in [9.17, 15) is 0 Å². The van der Waals surface area contributed by atoms with Gasteiger partial charge in [-0.15, -0.1) is 11.3 Å². The molecule has 1 N–H and O–H groups in total. The predicted octanol–water partition coefficient (Wildman–Crippen LogP) is 3.75. The average Bonchev–Trinajstić information content (AvgIpc) is 3.12. The minimum absolute atomic E-state index is 0.134. The van der Waals surface area contributed by atoms with E-state index in [0.29, 0.717) is 0 Å². The Kier molecular flexibility index (Phi) is 3.71. The number of benzene rings is 1. The summed E-state index contributed by atoms with van der Waals surface area (Å²) in [7, 11) is 1.66. The summed E-state index contributed by atoms with van der Waals surface area (Å²) >= 11 is 1.65. The van der Waals surface area contributed by atoms with E-state index in [1.165, 1.54) is 4.88 Å². The zero-order chi connectivity index (χ0) is 13.9. The topological polar surface area (TPSA) is 47.3 Å². The third-order valence-electron chi connectivity index (χ3n) is 3.24. The van der Waals surface area contributed by atoms with Gasteiger partial charge in [-0.1, -0.05) is 12.1 Å². The molecule has 0 saturated heterocycles. The van der Waals surface area contributed by atoms with Gasteiger partial charge in [-0.2, -0.15) is 0 Å². The summed E-state index contributed by atoms with van der Waals surface area (Å²) in [5, 5.41) is 4.50. The normalized spacial score (nSPS) is 12.7. The first kappa shape index (κ1) is 13.1. The number of para-hydroxylation sites is 1. The van der Waals surface area contributed by atoms with Crippen LogP contribution in [0.4, 0.5) is 0 Å². The number of rotatable bonds is 5. The maximum absolute atomic E-state index is 5.92. The van der Waals surface area contributed by atoms with Crippen molar-refractivity contribution in [3.8, 4) is 5.75 Å². The number of furan rings is 1. The van der Waals surface area contributed by atoms with Crippen molar-refractivity contribution in [2.75, 3.05) is 7.11 Å². The van der Waals surface area contributed by atoms with Gasteiger partial charge in [-0.05, 0) is 19.1 Å². The van der Waals surface area contributed by atoms with Crippen LogP contribution < -0.4 is 10.1 Å². The third-order valence-corrected chi connectivity index (χ3v) is 4.02. The molecule has 0 spiro atoms. The number of hydrogen-bond donors (Lipinski definition) is 1. The van der Waals surface area contributed by atoms with Crippen molar-refractivity contribution in [3.05, 3.63) is 46.6 Å². The Morgan fingerprint density at radius 2 is 2.35 bits per heavy atom. The van der Waals surface area contributed by atoms with Crippen molar-refractivity contribution < 1.29 is 9.15 Å². The number of fused-ring (bicyclic) bond motifs is 1. The average molecular weight is 288 g/mol. The standard InChI is InChI=1S/C15H16N2O2S/c1-10(17-8-12-7-16-9-20-12)14-6-11-4-3-5-13(18-2)15(11)19-14/h3-7,9-10,17H,8H2,1-2H3. The third kappa shape index (κ3) is 2.55. The summed E-state index contributed by atoms with van der Waals surface area (Å²) < 4.78 is 11.2. The Balaban J connectivity index is 1.79. The van der Waals surface area contributed by atoms with Crippen LogP contribution in [0.25, 0.3) is 11.0 Å².